The van der Waals surface area contributed by atoms with Gasteiger partial charge in [0.1, 0.15) is 5.75 Å². The highest BCUT2D eigenvalue weighted by Crippen LogP contribution is 2.33. The van der Waals surface area contributed by atoms with E-state index in [1.807, 2.05) is 0 Å². The van der Waals surface area contributed by atoms with Crippen molar-refractivity contribution in [3.05, 3.63) is 27.7 Å². The number of hydrogen-bond donors (Lipinski definition) is 1. The fourth-order valence-electron chi connectivity index (χ4n) is 3.35. The number of nitrogens with one attached hydrogen (secondary N) is 1. The third-order valence-electron chi connectivity index (χ3n) is 4.34. The van der Waals surface area contributed by atoms with Crippen LogP contribution in [0.2, 0.25) is 0 Å². The molecule has 0 radical (unpaired) electrons. The molecule has 0 saturated heterocycles. The van der Waals surface area contributed by atoms with Gasteiger partial charge in [-0.2, -0.15) is 0 Å². The predicted molar refractivity (Wildman–Crippen MR) is 81.6 cm³/mol. The van der Waals surface area contributed by atoms with Crippen molar-refractivity contribution in [1.29, 1.82) is 0 Å². The molecule has 104 valence electrons. The van der Waals surface area contributed by atoms with E-state index in [1.54, 1.807) is 0 Å². The van der Waals surface area contributed by atoms with Crippen molar-refractivity contribution < 1.29 is 4.74 Å². The van der Waals surface area contributed by atoms with Gasteiger partial charge in [-0.05, 0) is 36.5 Å². The fraction of sp³-hybridized carbons (Fsp3) is 0.625. The molecule has 2 atom stereocenters. The number of fused-ring (bicyclic) bond motifs is 1. The van der Waals surface area contributed by atoms with Gasteiger partial charge in [0.2, 0.25) is 0 Å². The molecule has 1 saturated carbocycles. The molecule has 0 aromatic heterocycles. The largest absolute Gasteiger partial charge is 0.493 e. The fourth-order valence-corrected chi connectivity index (χ4v) is 3.90. The monoisotopic (exact) mass is 323 g/mol. The van der Waals surface area contributed by atoms with E-state index < -0.39 is 0 Å². The lowest BCUT2D eigenvalue weighted by atomic mass is 9.87. The lowest BCUT2D eigenvalue weighted by Gasteiger charge is -2.27. The molecule has 2 unspecified atom stereocenters. The Bertz CT molecular complexity index is 460. The van der Waals surface area contributed by atoms with E-state index in [9.17, 15) is 0 Å². The van der Waals surface area contributed by atoms with Crippen molar-refractivity contribution in [3.63, 3.8) is 0 Å². The first-order valence-electron chi connectivity index (χ1n) is 7.40. The second-order valence-electron chi connectivity index (χ2n) is 6.00. The molecule has 1 N–H and O–H groups in total. The molecule has 1 fully saturated rings. The lowest BCUT2D eigenvalue weighted by molar-refractivity contribution is 0.298. The summed E-state index contributed by atoms with van der Waals surface area (Å²) in [5.41, 5.74) is 2.66. The smallest absolute Gasteiger partial charge is 0.127 e. The second kappa shape index (κ2) is 5.84. The van der Waals surface area contributed by atoms with Gasteiger partial charge >= 0.3 is 0 Å². The van der Waals surface area contributed by atoms with Crippen LogP contribution < -0.4 is 10.1 Å². The van der Waals surface area contributed by atoms with Crippen molar-refractivity contribution in [2.75, 3.05) is 6.61 Å². The van der Waals surface area contributed by atoms with Crippen LogP contribution in [0.4, 0.5) is 0 Å². The molecule has 0 bridgehead atoms. The molecule has 2 nitrogen and oxygen atoms in total. The summed E-state index contributed by atoms with van der Waals surface area (Å²) in [6, 6.07) is 5.07. The summed E-state index contributed by atoms with van der Waals surface area (Å²) in [5, 5.41) is 3.72. The first-order valence-corrected chi connectivity index (χ1v) is 8.19. The first-order chi connectivity index (χ1) is 9.22. The van der Waals surface area contributed by atoms with E-state index in [2.05, 4.69) is 40.3 Å². The minimum Gasteiger partial charge on any atom is -0.493 e. The van der Waals surface area contributed by atoms with Crippen LogP contribution >= 0.6 is 15.9 Å². The molecule has 1 aromatic carbocycles. The lowest BCUT2D eigenvalue weighted by Crippen LogP contribution is -2.33. The zero-order chi connectivity index (χ0) is 13.2. The Balaban J connectivity index is 1.67. The van der Waals surface area contributed by atoms with E-state index in [1.165, 1.54) is 41.3 Å². The number of ether oxygens (including phenoxy) is 1. The van der Waals surface area contributed by atoms with Gasteiger partial charge in [0.05, 0.1) is 6.61 Å². The average molecular weight is 324 g/mol. The SMILES string of the molecule is CC1CCCC(NCc2cc(Br)cc3c2OCC3)C1. The molecule has 0 spiro atoms. The highest BCUT2D eigenvalue weighted by Gasteiger charge is 2.21. The minimum absolute atomic E-state index is 0.680. The normalized spacial score (nSPS) is 26.0. The summed E-state index contributed by atoms with van der Waals surface area (Å²) in [5.74, 6) is 2.00. The third kappa shape index (κ3) is 3.14. The molecule has 19 heavy (non-hydrogen) atoms. The molecule has 1 aliphatic heterocycles. The maximum atomic E-state index is 5.78. The Morgan fingerprint density at radius 1 is 1.37 bits per heavy atom. The highest BCUT2D eigenvalue weighted by molar-refractivity contribution is 9.10. The summed E-state index contributed by atoms with van der Waals surface area (Å²) < 4.78 is 6.96. The molecule has 2 aliphatic rings. The molecule has 1 heterocycles. The van der Waals surface area contributed by atoms with Crippen LogP contribution in [0.15, 0.2) is 16.6 Å². The first kappa shape index (κ1) is 13.4. The average Bonchev–Trinajstić information content (AvgIpc) is 2.84. The van der Waals surface area contributed by atoms with Crippen molar-refractivity contribution in [1.82, 2.24) is 5.32 Å². The molecule has 1 aliphatic carbocycles. The number of halogens is 1. The minimum atomic E-state index is 0.680. The highest BCUT2D eigenvalue weighted by atomic mass is 79.9. The molecule has 1 aromatic rings. The summed E-state index contributed by atoms with van der Waals surface area (Å²) in [7, 11) is 0. The van der Waals surface area contributed by atoms with Gasteiger partial charge in [-0.3, -0.25) is 0 Å². The Morgan fingerprint density at radius 3 is 3.11 bits per heavy atom. The van der Waals surface area contributed by atoms with Gasteiger partial charge in [0, 0.05) is 29.0 Å². The molecular weight excluding hydrogens is 302 g/mol. The van der Waals surface area contributed by atoms with Crippen molar-refractivity contribution in [2.45, 2.75) is 51.6 Å². The van der Waals surface area contributed by atoms with E-state index >= 15 is 0 Å². The maximum absolute atomic E-state index is 5.78. The van der Waals surface area contributed by atoms with E-state index in [-0.39, 0.29) is 0 Å². The quantitative estimate of drug-likeness (QED) is 0.906. The molecule has 3 rings (SSSR count). The van der Waals surface area contributed by atoms with Crippen LogP contribution in [0.3, 0.4) is 0 Å². The van der Waals surface area contributed by atoms with Crippen LogP contribution in [0.5, 0.6) is 5.75 Å². The molecular formula is C16H22BrNO. The number of benzene rings is 1. The van der Waals surface area contributed by atoms with Crippen LogP contribution in [-0.4, -0.2) is 12.6 Å². The summed E-state index contributed by atoms with van der Waals surface area (Å²) in [6.07, 6.45) is 6.44. The van der Waals surface area contributed by atoms with Crippen LogP contribution in [0.25, 0.3) is 0 Å². The zero-order valence-electron chi connectivity index (χ0n) is 11.5. The second-order valence-corrected chi connectivity index (χ2v) is 6.92. The van der Waals surface area contributed by atoms with Gasteiger partial charge in [-0.15, -0.1) is 0 Å². The number of hydrogen-bond acceptors (Lipinski definition) is 2. The summed E-state index contributed by atoms with van der Waals surface area (Å²) in [6.45, 7) is 4.13. The Hall–Kier alpha value is -0.540. The maximum Gasteiger partial charge on any atom is 0.127 e. The predicted octanol–water partition coefficient (Wildman–Crippen LogP) is 4.05. The topological polar surface area (TPSA) is 21.3 Å². The zero-order valence-corrected chi connectivity index (χ0v) is 13.1. The Morgan fingerprint density at radius 2 is 2.26 bits per heavy atom. The summed E-state index contributed by atoms with van der Waals surface area (Å²) >= 11 is 3.61. The van der Waals surface area contributed by atoms with E-state index in [0.717, 1.165) is 31.2 Å². The van der Waals surface area contributed by atoms with E-state index in [4.69, 9.17) is 4.74 Å². The van der Waals surface area contributed by atoms with Crippen LogP contribution in [0, 0.1) is 5.92 Å². The van der Waals surface area contributed by atoms with Crippen molar-refractivity contribution in [3.8, 4) is 5.75 Å². The van der Waals surface area contributed by atoms with Crippen LogP contribution in [-0.2, 0) is 13.0 Å². The van der Waals surface area contributed by atoms with Crippen LogP contribution in [0.1, 0.15) is 43.7 Å². The standard InChI is InChI=1S/C16H22BrNO/c1-11-3-2-4-15(7-11)18-10-13-9-14(17)8-12-5-6-19-16(12)13/h8-9,11,15,18H,2-7,10H2,1H3. The van der Waals surface area contributed by atoms with Crippen molar-refractivity contribution in [2.24, 2.45) is 5.92 Å². The number of rotatable bonds is 3. The Labute approximate surface area is 124 Å². The van der Waals surface area contributed by atoms with Gasteiger partial charge in [-0.1, -0.05) is 35.7 Å². The summed E-state index contributed by atoms with van der Waals surface area (Å²) in [4.78, 5) is 0. The van der Waals surface area contributed by atoms with Gasteiger partial charge in [0.25, 0.3) is 0 Å². The van der Waals surface area contributed by atoms with Crippen molar-refractivity contribution >= 4 is 15.9 Å². The van der Waals surface area contributed by atoms with Gasteiger partial charge < -0.3 is 10.1 Å². The van der Waals surface area contributed by atoms with E-state index in [0.29, 0.717) is 6.04 Å². The van der Waals surface area contributed by atoms with Gasteiger partial charge in [0.15, 0.2) is 0 Å². The molecule has 0 amide bonds. The molecule has 3 heteroatoms. The van der Waals surface area contributed by atoms with Gasteiger partial charge in [-0.25, -0.2) is 0 Å². The Kier molecular flexibility index (Phi) is 4.13. The third-order valence-corrected chi connectivity index (χ3v) is 4.80.